The summed E-state index contributed by atoms with van der Waals surface area (Å²) >= 11 is 5.86. The van der Waals surface area contributed by atoms with Crippen molar-refractivity contribution in [1.82, 2.24) is 10.3 Å². The molecule has 1 atom stereocenters. The first-order valence-corrected chi connectivity index (χ1v) is 6.62. The van der Waals surface area contributed by atoms with E-state index < -0.39 is 6.10 Å². The van der Waals surface area contributed by atoms with Crippen LogP contribution < -0.4 is 10.1 Å². The minimum atomic E-state index is -0.592. The van der Waals surface area contributed by atoms with Gasteiger partial charge in [-0.1, -0.05) is 23.7 Å². The van der Waals surface area contributed by atoms with E-state index in [-0.39, 0.29) is 5.91 Å². The number of amides is 1. The van der Waals surface area contributed by atoms with E-state index in [0.717, 1.165) is 5.56 Å². The summed E-state index contributed by atoms with van der Waals surface area (Å²) < 4.78 is 5.53. The minimum absolute atomic E-state index is 0.186. The average Bonchev–Trinajstić information content (AvgIpc) is 2.46. The Hall–Kier alpha value is -2.07. The van der Waals surface area contributed by atoms with Crippen LogP contribution in [0.25, 0.3) is 0 Å². The van der Waals surface area contributed by atoms with Gasteiger partial charge in [0.2, 0.25) is 0 Å². The van der Waals surface area contributed by atoms with Crippen LogP contribution in [0.3, 0.4) is 0 Å². The van der Waals surface area contributed by atoms with Gasteiger partial charge in [0.25, 0.3) is 5.91 Å². The van der Waals surface area contributed by atoms with E-state index >= 15 is 0 Å². The molecule has 0 spiro atoms. The van der Waals surface area contributed by atoms with Gasteiger partial charge in [-0.3, -0.25) is 9.78 Å². The number of nitrogens with zero attached hydrogens (tertiary/aromatic N) is 1. The molecule has 0 saturated heterocycles. The molecule has 0 aliphatic carbocycles. The highest BCUT2D eigenvalue weighted by atomic mass is 35.5. The summed E-state index contributed by atoms with van der Waals surface area (Å²) in [7, 11) is 0. The number of ether oxygens (including phenoxy) is 1. The average molecular weight is 291 g/mol. The molecule has 20 heavy (non-hydrogen) atoms. The fraction of sp³-hybridized carbons (Fsp3) is 0.200. The normalized spacial score (nSPS) is 11.7. The van der Waals surface area contributed by atoms with Crippen LogP contribution in [0.2, 0.25) is 5.02 Å². The summed E-state index contributed by atoms with van der Waals surface area (Å²) in [5, 5.41) is 3.37. The number of carbonyl (C=O) groups excluding carboxylic acids is 1. The first kappa shape index (κ1) is 14.3. The first-order chi connectivity index (χ1) is 9.65. The van der Waals surface area contributed by atoms with Gasteiger partial charge >= 0.3 is 0 Å². The molecule has 5 heteroatoms. The number of halogens is 1. The van der Waals surface area contributed by atoms with Crippen LogP contribution in [0.4, 0.5) is 0 Å². The van der Waals surface area contributed by atoms with Crippen molar-refractivity contribution in [3.63, 3.8) is 0 Å². The maximum absolute atomic E-state index is 11.9. The SMILES string of the molecule is C[C@H](Oc1cccc(Cl)c1)C(=O)NCc1cccnc1. The van der Waals surface area contributed by atoms with Gasteiger partial charge in [-0.05, 0) is 36.8 Å². The predicted octanol–water partition coefficient (Wildman–Crippen LogP) is 2.82. The number of hydrogen-bond acceptors (Lipinski definition) is 3. The van der Waals surface area contributed by atoms with Crippen LogP contribution in [0.15, 0.2) is 48.8 Å². The molecular weight excluding hydrogens is 276 g/mol. The second kappa shape index (κ2) is 6.91. The second-order valence-electron chi connectivity index (χ2n) is 4.30. The Morgan fingerprint density at radius 2 is 2.25 bits per heavy atom. The van der Waals surface area contributed by atoms with Crippen LogP contribution in [-0.2, 0) is 11.3 Å². The van der Waals surface area contributed by atoms with Crippen LogP contribution in [-0.4, -0.2) is 17.0 Å². The third kappa shape index (κ3) is 4.24. The molecule has 0 saturated carbocycles. The number of nitrogens with one attached hydrogen (secondary N) is 1. The maximum Gasteiger partial charge on any atom is 0.261 e. The third-order valence-electron chi connectivity index (χ3n) is 2.67. The molecule has 2 aromatic rings. The molecule has 4 nitrogen and oxygen atoms in total. The molecule has 2 rings (SSSR count). The van der Waals surface area contributed by atoms with Crippen molar-refractivity contribution in [1.29, 1.82) is 0 Å². The smallest absolute Gasteiger partial charge is 0.261 e. The monoisotopic (exact) mass is 290 g/mol. The third-order valence-corrected chi connectivity index (χ3v) is 2.90. The van der Waals surface area contributed by atoms with Crippen LogP contribution >= 0.6 is 11.6 Å². The van der Waals surface area contributed by atoms with Gasteiger partial charge in [-0.25, -0.2) is 0 Å². The number of aromatic nitrogens is 1. The van der Waals surface area contributed by atoms with E-state index in [2.05, 4.69) is 10.3 Å². The summed E-state index contributed by atoms with van der Waals surface area (Å²) in [6.45, 7) is 2.12. The van der Waals surface area contributed by atoms with Gasteiger partial charge in [0, 0.05) is 24.0 Å². The Labute approximate surface area is 122 Å². The van der Waals surface area contributed by atoms with E-state index in [9.17, 15) is 4.79 Å². The minimum Gasteiger partial charge on any atom is -0.481 e. The topological polar surface area (TPSA) is 51.2 Å². The molecule has 0 fully saturated rings. The number of carbonyl (C=O) groups is 1. The Balaban J connectivity index is 1.86. The zero-order valence-electron chi connectivity index (χ0n) is 11.0. The number of benzene rings is 1. The summed E-state index contributed by atoms with van der Waals surface area (Å²) in [6, 6.07) is 10.7. The van der Waals surface area contributed by atoms with Crippen molar-refractivity contribution in [2.24, 2.45) is 0 Å². The van der Waals surface area contributed by atoms with E-state index in [1.54, 1.807) is 43.6 Å². The first-order valence-electron chi connectivity index (χ1n) is 6.24. The summed E-state index contributed by atoms with van der Waals surface area (Å²) in [5.41, 5.74) is 0.941. The highest BCUT2D eigenvalue weighted by Gasteiger charge is 2.14. The van der Waals surface area contributed by atoms with Crippen LogP contribution in [0, 0.1) is 0 Å². The van der Waals surface area contributed by atoms with Gasteiger partial charge in [0.1, 0.15) is 5.75 Å². The standard InChI is InChI=1S/C15H15ClN2O2/c1-11(20-14-6-2-5-13(16)8-14)15(19)18-10-12-4-3-7-17-9-12/h2-9,11H,10H2,1H3,(H,18,19)/t11-/m0/s1. The summed E-state index contributed by atoms with van der Waals surface area (Å²) in [5.74, 6) is 0.385. The lowest BCUT2D eigenvalue weighted by molar-refractivity contribution is -0.127. The van der Waals surface area contributed by atoms with E-state index in [1.165, 1.54) is 0 Å². The van der Waals surface area contributed by atoms with Gasteiger partial charge < -0.3 is 10.1 Å². The molecule has 0 aliphatic heterocycles. The van der Waals surface area contributed by atoms with Gasteiger partial charge in [0.15, 0.2) is 6.10 Å². The molecule has 0 bridgehead atoms. The van der Waals surface area contributed by atoms with Crippen molar-refractivity contribution in [3.05, 3.63) is 59.4 Å². The lowest BCUT2D eigenvalue weighted by Crippen LogP contribution is -2.35. The molecule has 104 valence electrons. The number of hydrogen-bond donors (Lipinski definition) is 1. The highest BCUT2D eigenvalue weighted by molar-refractivity contribution is 6.30. The van der Waals surface area contributed by atoms with Crippen LogP contribution in [0.1, 0.15) is 12.5 Å². The van der Waals surface area contributed by atoms with Crippen molar-refractivity contribution in [2.45, 2.75) is 19.6 Å². The van der Waals surface area contributed by atoms with Crippen LogP contribution in [0.5, 0.6) is 5.75 Å². The molecular formula is C15H15ClN2O2. The summed E-state index contributed by atoms with van der Waals surface area (Å²) in [6.07, 6.45) is 2.81. The Morgan fingerprint density at radius 1 is 1.40 bits per heavy atom. The fourth-order valence-electron chi connectivity index (χ4n) is 1.63. The highest BCUT2D eigenvalue weighted by Crippen LogP contribution is 2.18. The predicted molar refractivity (Wildman–Crippen MR) is 77.6 cm³/mol. The molecule has 1 aromatic heterocycles. The zero-order chi connectivity index (χ0) is 14.4. The van der Waals surface area contributed by atoms with Crippen molar-refractivity contribution >= 4 is 17.5 Å². The second-order valence-corrected chi connectivity index (χ2v) is 4.73. The quantitative estimate of drug-likeness (QED) is 0.921. The molecule has 1 N–H and O–H groups in total. The van der Waals surface area contributed by atoms with Crippen molar-refractivity contribution in [3.8, 4) is 5.75 Å². The van der Waals surface area contributed by atoms with E-state index in [4.69, 9.17) is 16.3 Å². The zero-order valence-corrected chi connectivity index (χ0v) is 11.8. The molecule has 0 aliphatic rings. The maximum atomic E-state index is 11.9. The molecule has 1 heterocycles. The number of rotatable bonds is 5. The van der Waals surface area contributed by atoms with Gasteiger partial charge in [0.05, 0.1) is 0 Å². The summed E-state index contributed by atoms with van der Waals surface area (Å²) in [4.78, 5) is 15.9. The molecule has 0 unspecified atom stereocenters. The molecule has 1 aromatic carbocycles. The molecule has 0 radical (unpaired) electrons. The van der Waals surface area contributed by atoms with Gasteiger partial charge in [-0.2, -0.15) is 0 Å². The number of pyridine rings is 1. The Bertz CT molecular complexity index is 575. The Kier molecular flexibility index (Phi) is 4.96. The molecule has 1 amide bonds. The fourth-order valence-corrected chi connectivity index (χ4v) is 1.81. The van der Waals surface area contributed by atoms with E-state index in [0.29, 0.717) is 17.3 Å². The lowest BCUT2D eigenvalue weighted by atomic mass is 10.2. The van der Waals surface area contributed by atoms with Crippen molar-refractivity contribution in [2.75, 3.05) is 0 Å². The largest absolute Gasteiger partial charge is 0.481 e. The van der Waals surface area contributed by atoms with E-state index in [1.807, 2.05) is 12.1 Å². The van der Waals surface area contributed by atoms with Gasteiger partial charge in [-0.15, -0.1) is 0 Å². The van der Waals surface area contributed by atoms with Crippen molar-refractivity contribution < 1.29 is 9.53 Å². The lowest BCUT2D eigenvalue weighted by Gasteiger charge is -2.14. The Morgan fingerprint density at radius 3 is 2.95 bits per heavy atom.